The molecule has 1 aliphatic heterocycles. The number of nitrogens with zero attached hydrogens (tertiary/aromatic N) is 2. The van der Waals surface area contributed by atoms with Gasteiger partial charge in [0, 0.05) is 12.5 Å². The van der Waals surface area contributed by atoms with Gasteiger partial charge >= 0.3 is 0 Å². The van der Waals surface area contributed by atoms with Gasteiger partial charge in [0.15, 0.2) is 5.78 Å². The fourth-order valence-electron chi connectivity index (χ4n) is 3.62. The molecule has 1 atom stereocenters. The van der Waals surface area contributed by atoms with Crippen molar-refractivity contribution in [3.05, 3.63) is 64.8 Å². The molecule has 2 aromatic rings. The number of carbonyl (C=O) groups is 1. The average molecular weight is 384 g/mol. The van der Waals surface area contributed by atoms with Crippen LogP contribution in [0.15, 0.2) is 47.9 Å². The van der Waals surface area contributed by atoms with Crippen LogP contribution in [0.5, 0.6) is 5.88 Å². The van der Waals surface area contributed by atoms with E-state index in [-0.39, 0.29) is 29.8 Å². The van der Waals surface area contributed by atoms with E-state index in [0.717, 1.165) is 16.8 Å². The smallest absolute Gasteiger partial charge is 0.213 e. The Bertz CT molecular complexity index is 906. The van der Waals surface area contributed by atoms with Gasteiger partial charge in [-0.3, -0.25) is 4.79 Å². The van der Waals surface area contributed by atoms with Crippen LogP contribution in [0.3, 0.4) is 0 Å². The molecular formula is C22H25FN2O3. The number of hydrogen-bond donors (Lipinski definition) is 1. The summed E-state index contributed by atoms with van der Waals surface area (Å²) >= 11 is 0. The van der Waals surface area contributed by atoms with Gasteiger partial charge in [0.25, 0.3) is 0 Å². The Kier molecular flexibility index (Phi) is 5.68. The van der Waals surface area contributed by atoms with Crippen LogP contribution in [0.4, 0.5) is 10.1 Å². The van der Waals surface area contributed by atoms with Crippen molar-refractivity contribution >= 4 is 11.5 Å². The highest BCUT2D eigenvalue weighted by molar-refractivity contribution is 5.99. The van der Waals surface area contributed by atoms with Gasteiger partial charge in [-0.05, 0) is 42.2 Å². The lowest BCUT2D eigenvalue weighted by atomic mass is 9.90. The molecule has 148 valence electrons. The normalized spacial score (nSPS) is 16.8. The molecule has 0 saturated carbocycles. The molecule has 1 aliphatic rings. The molecule has 1 N–H and O–H groups in total. The molecule has 2 heterocycles. The lowest BCUT2D eigenvalue weighted by molar-refractivity contribution is -0.116. The molecule has 3 rings (SSSR count). The standard InChI is InChI=1S/C22H25FN2O3/c1-13(2)9-18(26)21-19(27)12-25(16-6-8-20(28-4)24-11-16)22(21)17-7-5-15(23)10-14(17)3/h5-8,10-11,13,22,27H,9,12H2,1-4H3. The lowest BCUT2D eigenvalue weighted by Crippen LogP contribution is -2.28. The highest BCUT2D eigenvalue weighted by Crippen LogP contribution is 2.42. The number of aromatic nitrogens is 1. The Morgan fingerprint density at radius 1 is 1.36 bits per heavy atom. The maximum atomic E-state index is 13.7. The van der Waals surface area contributed by atoms with Crippen molar-refractivity contribution in [3.8, 4) is 5.88 Å². The molecule has 1 aromatic carbocycles. The summed E-state index contributed by atoms with van der Waals surface area (Å²) in [5.74, 6) is 0.269. The molecule has 0 saturated heterocycles. The first-order valence-corrected chi connectivity index (χ1v) is 9.29. The molecule has 0 fully saturated rings. The van der Waals surface area contributed by atoms with E-state index in [9.17, 15) is 14.3 Å². The summed E-state index contributed by atoms with van der Waals surface area (Å²) in [4.78, 5) is 19.1. The van der Waals surface area contributed by atoms with E-state index in [0.29, 0.717) is 17.9 Å². The topological polar surface area (TPSA) is 62.7 Å². The van der Waals surface area contributed by atoms with Gasteiger partial charge in [-0.2, -0.15) is 0 Å². The number of rotatable bonds is 6. The second-order valence-corrected chi connectivity index (χ2v) is 7.47. The van der Waals surface area contributed by atoms with E-state index in [4.69, 9.17) is 4.74 Å². The van der Waals surface area contributed by atoms with Crippen LogP contribution in [0.2, 0.25) is 0 Å². The molecule has 0 spiro atoms. The Labute approximate surface area is 164 Å². The van der Waals surface area contributed by atoms with Crippen molar-refractivity contribution in [2.45, 2.75) is 33.2 Å². The Morgan fingerprint density at radius 2 is 2.11 bits per heavy atom. The molecule has 0 bridgehead atoms. The number of ketones is 1. The summed E-state index contributed by atoms with van der Waals surface area (Å²) in [7, 11) is 1.54. The molecule has 6 heteroatoms. The Balaban J connectivity index is 2.08. The van der Waals surface area contributed by atoms with Crippen molar-refractivity contribution in [2.75, 3.05) is 18.6 Å². The van der Waals surface area contributed by atoms with Crippen molar-refractivity contribution in [1.82, 2.24) is 4.98 Å². The van der Waals surface area contributed by atoms with Crippen LogP contribution in [0.1, 0.15) is 37.4 Å². The van der Waals surface area contributed by atoms with Gasteiger partial charge in [0.05, 0.1) is 37.2 Å². The summed E-state index contributed by atoms with van der Waals surface area (Å²) in [5.41, 5.74) is 2.63. The summed E-state index contributed by atoms with van der Waals surface area (Å²) in [5, 5.41) is 10.7. The van der Waals surface area contributed by atoms with Crippen LogP contribution in [-0.2, 0) is 4.79 Å². The first-order chi connectivity index (χ1) is 13.3. The number of carbonyl (C=O) groups excluding carboxylic acids is 1. The predicted octanol–water partition coefficient (Wildman–Crippen LogP) is 4.53. The molecular weight excluding hydrogens is 359 g/mol. The zero-order valence-electron chi connectivity index (χ0n) is 16.6. The number of aryl methyl sites for hydroxylation is 1. The molecule has 28 heavy (non-hydrogen) atoms. The van der Waals surface area contributed by atoms with Gasteiger partial charge in [0.2, 0.25) is 5.88 Å². The van der Waals surface area contributed by atoms with E-state index in [2.05, 4.69) is 4.98 Å². The fraction of sp³-hybridized carbons (Fsp3) is 0.364. The monoisotopic (exact) mass is 384 g/mol. The predicted molar refractivity (Wildman–Crippen MR) is 106 cm³/mol. The van der Waals surface area contributed by atoms with Crippen LogP contribution in [0.25, 0.3) is 0 Å². The van der Waals surface area contributed by atoms with E-state index in [1.807, 2.05) is 31.7 Å². The van der Waals surface area contributed by atoms with Crippen LogP contribution in [0, 0.1) is 18.7 Å². The van der Waals surface area contributed by atoms with Gasteiger partial charge in [0.1, 0.15) is 11.6 Å². The fourth-order valence-corrected chi connectivity index (χ4v) is 3.62. The quantitative estimate of drug-likeness (QED) is 0.793. The highest BCUT2D eigenvalue weighted by Gasteiger charge is 2.38. The molecule has 0 radical (unpaired) electrons. The van der Waals surface area contributed by atoms with Gasteiger partial charge in [-0.25, -0.2) is 9.37 Å². The summed E-state index contributed by atoms with van der Waals surface area (Å²) in [6.45, 7) is 5.93. The maximum Gasteiger partial charge on any atom is 0.213 e. The lowest BCUT2D eigenvalue weighted by Gasteiger charge is -2.29. The van der Waals surface area contributed by atoms with Crippen molar-refractivity contribution in [2.24, 2.45) is 5.92 Å². The van der Waals surface area contributed by atoms with Gasteiger partial charge in [-0.15, -0.1) is 0 Å². The van der Waals surface area contributed by atoms with Crippen LogP contribution in [-0.4, -0.2) is 29.5 Å². The third kappa shape index (κ3) is 3.86. The van der Waals surface area contributed by atoms with E-state index >= 15 is 0 Å². The first-order valence-electron chi connectivity index (χ1n) is 9.29. The number of aliphatic hydroxyl groups is 1. The molecule has 0 aliphatic carbocycles. The highest BCUT2D eigenvalue weighted by atomic mass is 19.1. The number of halogens is 1. The summed E-state index contributed by atoms with van der Waals surface area (Å²) in [6, 6.07) is 7.57. The van der Waals surface area contributed by atoms with E-state index < -0.39 is 6.04 Å². The number of ether oxygens (including phenoxy) is 1. The van der Waals surface area contributed by atoms with Crippen LogP contribution >= 0.6 is 0 Å². The minimum Gasteiger partial charge on any atom is -0.510 e. The van der Waals surface area contributed by atoms with E-state index in [1.54, 1.807) is 25.4 Å². The van der Waals surface area contributed by atoms with E-state index in [1.165, 1.54) is 12.1 Å². The van der Waals surface area contributed by atoms with Gasteiger partial charge in [-0.1, -0.05) is 19.9 Å². The minimum absolute atomic E-state index is 0.0511. The Hall–Kier alpha value is -2.89. The second-order valence-electron chi connectivity index (χ2n) is 7.47. The molecule has 1 unspecified atom stereocenters. The average Bonchev–Trinajstić information content (AvgIpc) is 2.98. The van der Waals surface area contributed by atoms with Gasteiger partial charge < -0.3 is 14.7 Å². The SMILES string of the molecule is COc1ccc(N2CC(O)=C(C(=O)CC(C)C)C2c2ccc(F)cc2C)cn1. The molecule has 1 aromatic heterocycles. The number of aliphatic hydroxyl groups excluding tert-OH is 1. The number of anilines is 1. The summed E-state index contributed by atoms with van der Waals surface area (Å²) in [6.07, 6.45) is 1.98. The summed E-state index contributed by atoms with van der Waals surface area (Å²) < 4.78 is 18.8. The van der Waals surface area contributed by atoms with Crippen molar-refractivity contribution < 1.29 is 19.0 Å². The zero-order chi connectivity index (χ0) is 20.4. The van der Waals surface area contributed by atoms with Crippen LogP contribution < -0.4 is 9.64 Å². The van der Waals surface area contributed by atoms with Crippen molar-refractivity contribution in [1.29, 1.82) is 0 Å². The molecule has 5 nitrogen and oxygen atoms in total. The third-order valence-electron chi connectivity index (χ3n) is 4.90. The first kappa shape index (κ1) is 19.9. The third-order valence-corrected chi connectivity index (χ3v) is 4.90. The number of benzene rings is 1. The Morgan fingerprint density at radius 3 is 2.68 bits per heavy atom. The number of methoxy groups -OCH3 is 1. The number of pyridine rings is 1. The number of hydrogen-bond acceptors (Lipinski definition) is 5. The largest absolute Gasteiger partial charge is 0.510 e. The minimum atomic E-state index is -0.498. The molecule has 0 amide bonds. The second kappa shape index (κ2) is 8.00. The van der Waals surface area contributed by atoms with Crippen molar-refractivity contribution in [3.63, 3.8) is 0 Å². The number of Topliss-reactive ketones (excluding diaryl/α,β-unsaturated/α-hetero) is 1. The maximum absolute atomic E-state index is 13.7. The zero-order valence-corrected chi connectivity index (χ0v) is 16.6.